The third kappa shape index (κ3) is 4.01. The molecule has 0 saturated carbocycles. The van der Waals surface area contributed by atoms with E-state index in [1.54, 1.807) is 0 Å². The zero-order chi connectivity index (χ0) is 18.8. The van der Waals surface area contributed by atoms with Gasteiger partial charge in [0.2, 0.25) is 5.95 Å². The maximum Gasteiger partial charge on any atom is 0.227 e. The van der Waals surface area contributed by atoms with Gasteiger partial charge in [0.15, 0.2) is 0 Å². The number of hydrogen-bond acceptors (Lipinski definition) is 6. The van der Waals surface area contributed by atoms with Crippen molar-refractivity contribution in [2.45, 2.75) is 12.3 Å². The number of hydrogen-bond donors (Lipinski definition) is 1. The Kier molecular flexibility index (Phi) is 4.90. The fourth-order valence-electron chi connectivity index (χ4n) is 3.16. The fraction of sp³-hybridized carbons (Fsp3) is 0.200. The molecule has 0 fully saturated rings. The van der Waals surface area contributed by atoms with Crippen LogP contribution in [-0.2, 0) is 6.42 Å². The Hall–Kier alpha value is -2.73. The molecule has 7 heteroatoms. The van der Waals surface area contributed by atoms with E-state index in [4.69, 9.17) is 5.26 Å². The van der Waals surface area contributed by atoms with Crippen molar-refractivity contribution >= 4 is 51.3 Å². The van der Waals surface area contributed by atoms with Gasteiger partial charge in [0, 0.05) is 46.6 Å². The Bertz CT molecular complexity index is 1070. The van der Waals surface area contributed by atoms with Crippen molar-refractivity contribution in [3.63, 3.8) is 0 Å². The second-order valence-electron chi connectivity index (χ2n) is 6.53. The molecule has 27 heavy (non-hydrogen) atoms. The van der Waals surface area contributed by atoms with Crippen LogP contribution in [0.4, 0.5) is 11.6 Å². The minimum Gasteiger partial charge on any atom is -0.324 e. The van der Waals surface area contributed by atoms with E-state index < -0.39 is 0 Å². The zero-order valence-corrected chi connectivity index (χ0v) is 16.9. The van der Waals surface area contributed by atoms with Crippen LogP contribution in [0.2, 0.25) is 0 Å². The summed E-state index contributed by atoms with van der Waals surface area (Å²) in [5, 5.41) is 19.7. The van der Waals surface area contributed by atoms with E-state index in [-0.39, 0.29) is 5.92 Å². The molecular formula is C20H17IN6. The molecule has 1 aromatic heterocycles. The van der Waals surface area contributed by atoms with Crippen LogP contribution in [0.5, 0.6) is 0 Å². The van der Waals surface area contributed by atoms with Crippen LogP contribution in [0.1, 0.15) is 17.0 Å². The second-order valence-corrected chi connectivity index (χ2v) is 7.78. The lowest BCUT2D eigenvalue weighted by atomic mass is 9.97. The molecule has 1 unspecified atom stereocenters. The molecule has 0 saturated heterocycles. The first-order valence-corrected chi connectivity index (χ1v) is 9.64. The van der Waals surface area contributed by atoms with Gasteiger partial charge < -0.3 is 5.32 Å². The van der Waals surface area contributed by atoms with E-state index in [2.05, 4.69) is 67.2 Å². The monoisotopic (exact) mass is 468 g/mol. The molecule has 0 aliphatic carbocycles. The molecule has 0 spiro atoms. The zero-order valence-electron chi connectivity index (χ0n) is 14.7. The van der Waals surface area contributed by atoms with Crippen molar-refractivity contribution in [1.82, 2.24) is 15.0 Å². The summed E-state index contributed by atoms with van der Waals surface area (Å²) in [7, 11) is 1.96. The van der Waals surface area contributed by atoms with Crippen molar-refractivity contribution in [2.24, 2.45) is 5.10 Å². The lowest BCUT2D eigenvalue weighted by Crippen LogP contribution is -2.12. The Morgan fingerprint density at radius 2 is 2.19 bits per heavy atom. The highest BCUT2D eigenvalue weighted by Crippen LogP contribution is 2.26. The number of likely N-dealkylation sites (N-methyl/N-ethyl adjacent to an activating group) is 1. The minimum atomic E-state index is 0.216. The van der Waals surface area contributed by atoms with Crippen LogP contribution < -0.4 is 5.32 Å². The van der Waals surface area contributed by atoms with Gasteiger partial charge in [-0.3, -0.25) is 5.01 Å². The molecule has 3 aromatic rings. The van der Waals surface area contributed by atoms with E-state index in [0.717, 1.165) is 37.8 Å². The Morgan fingerprint density at radius 1 is 1.30 bits per heavy atom. The second kappa shape index (κ2) is 7.48. The van der Waals surface area contributed by atoms with Gasteiger partial charge in [-0.25, -0.2) is 9.97 Å². The summed E-state index contributed by atoms with van der Waals surface area (Å²) < 4.78 is 1.15. The summed E-state index contributed by atoms with van der Waals surface area (Å²) in [6.07, 6.45) is 4.13. The maximum atomic E-state index is 9.11. The first-order chi connectivity index (χ1) is 13.1. The van der Waals surface area contributed by atoms with E-state index >= 15 is 0 Å². The molecule has 6 nitrogen and oxygen atoms in total. The van der Waals surface area contributed by atoms with Gasteiger partial charge in [0.1, 0.15) is 0 Å². The SMILES string of the molecule is CN1CC(c2cc(CC#N)cc(Nc3ncc4cc(I)ccc4n3)c2)C=N1. The fourth-order valence-corrected chi connectivity index (χ4v) is 3.67. The summed E-state index contributed by atoms with van der Waals surface area (Å²) in [6.45, 7) is 0.834. The van der Waals surface area contributed by atoms with Crippen molar-refractivity contribution in [3.05, 3.63) is 57.3 Å². The molecule has 4 rings (SSSR count). The molecular weight excluding hydrogens is 451 g/mol. The summed E-state index contributed by atoms with van der Waals surface area (Å²) in [6, 6.07) is 14.4. The van der Waals surface area contributed by atoms with E-state index in [0.29, 0.717) is 12.4 Å². The quantitative estimate of drug-likeness (QED) is 0.585. The number of halogens is 1. The van der Waals surface area contributed by atoms with Crippen LogP contribution in [-0.4, -0.2) is 34.8 Å². The van der Waals surface area contributed by atoms with Crippen molar-refractivity contribution < 1.29 is 0 Å². The number of aromatic nitrogens is 2. The molecule has 0 amide bonds. The highest BCUT2D eigenvalue weighted by molar-refractivity contribution is 14.1. The van der Waals surface area contributed by atoms with Gasteiger partial charge in [-0.1, -0.05) is 6.07 Å². The van der Waals surface area contributed by atoms with Crippen LogP contribution in [0.3, 0.4) is 0 Å². The van der Waals surface area contributed by atoms with Gasteiger partial charge in [0.05, 0.1) is 18.0 Å². The summed E-state index contributed by atoms with van der Waals surface area (Å²) in [5.41, 5.74) is 3.88. The number of fused-ring (bicyclic) bond motifs is 1. The number of nitrogens with one attached hydrogen (secondary N) is 1. The Balaban J connectivity index is 1.66. The molecule has 1 N–H and O–H groups in total. The van der Waals surface area contributed by atoms with Crippen LogP contribution >= 0.6 is 22.6 Å². The number of benzene rings is 2. The predicted octanol–water partition coefficient (Wildman–Crippen LogP) is 4.06. The smallest absolute Gasteiger partial charge is 0.227 e. The van der Waals surface area contributed by atoms with E-state index in [9.17, 15) is 0 Å². The molecule has 1 atom stereocenters. The van der Waals surface area contributed by atoms with Crippen molar-refractivity contribution in [1.29, 1.82) is 5.26 Å². The number of nitrogens with zero attached hydrogens (tertiary/aromatic N) is 5. The topological polar surface area (TPSA) is 77.2 Å². The summed E-state index contributed by atoms with van der Waals surface area (Å²) in [5.74, 6) is 0.759. The molecule has 0 radical (unpaired) electrons. The normalized spacial score (nSPS) is 15.9. The van der Waals surface area contributed by atoms with Gasteiger partial charge in [-0.05, 0) is 64.0 Å². The van der Waals surface area contributed by atoms with E-state index in [1.807, 2.05) is 42.7 Å². The Labute approximate surface area is 171 Å². The molecule has 1 aliphatic heterocycles. The van der Waals surface area contributed by atoms with Gasteiger partial charge >= 0.3 is 0 Å². The van der Waals surface area contributed by atoms with E-state index in [1.165, 1.54) is 0 Å². The average molecular weight is 468 g/mol. The summed E-state index contributed by atoms with van der Waals surface area (Å²) in [4.78, 5) is 9.03. The summed E-state index contributed by atoms with van der Waals surface area (Å²) >= 11 is 2.28. The molecule has 0 bridgehead atoms. The first-order valence-electron chi connectivity index (χ1n) is 8.56. The minimum absolute atomic E-state index is 0.216. The molecule has 2 aromatic carbocycles. The first kappa shape index (κ1) is 17.7. The molecule has 2 heterocycles. The van der Waals surface area contributed by atoms with Crippen LogP contribution in [0.15, 0.2) is 47.7 Å². The Morgan fingerprint density at radius 3 is 2.96 bits per heavy atom. The van der Waals surface area contributed by atoms with Crippen molar-refractivity contribution in [3.8, 4) is 6.07 Å². The molecule has 1 aliphatic rings. The number of anilines is 2. The lowest BCUT2D eigenvalue weighted by Gasteiger charge is -2.14. The number of hydrazone groups is 1. The maximum absolute atomic E-state index is 9.11. The standard InChI is InChI=1S/C20H17IN6/c1-27-12-16(11-24-27)14-6-13(4-5-22)7-18(9-14)25-20-23-10-15-8-17(21)2-3-19(15)26-20/h2-3,6-11,16H,4,12H2,1H3,(H,23,25,26). The average Bonchev–Trinajstić information content (AvgIpc) is 3.08. The van der Waals surface area contributed by atoms with Gasteiger partial charge in [0.25, 0.3) is 0 Å². The number of nitriles is 1. The largest absolute Gasteiger partial charge is 0.324 e. The highest BCUT2D eigenvalue weighted by atomic mass is 127. The molecule has 134 valence electrons. The van der Waals surface area contributed by atoms with Crippen LogP contribution in [0, 0.1) is 14.9 Å². The van der Waals surface area contributed by atoms with Crippen molar-refractivity contribution in [2.75, 3.05) is 18.9 Å². The van der Waals surface area contributed by atoms with Gasteiger partial charge in [-0.15, -0.1) is 0 Å². The third-order valence-electron chi connectivity index (χ3n) is 4.43. The number of rotatable bonds is 4. The lowest BCUT2D eigenvalue weighted by molar-refractivity contribution is 0.381. The third-order valence-corrected chi connectivity index (χ3v) is 5.10. The predicted molar refractivity (Wildman–Crippen MR) is 115 cm³/mol. The van der Waals surface area contributed by atoms with Gasteiger partial charge in [-0.2, -0.15) is 10.4 Å². The highest BCUT2D eigenvalue weighted by Gasteiger charge is 2.18. The van der Waals surface area contributed by atoms with Crippen LogP contribution in [0.25, 0.3) is 10.9 Å².